The number of likely N-dealkylation sites (tertiary alicyclic amines) is 1. The maximum atomic E-state index is 12.7. The van der Waals surface area contributed by atoms with Crippen LogP contribution in [0.3, 0.4) is 0 Å². The lowest BCUT2D eigenvalue weighted by Crippen LogP contribution is -2.58. The van der Waals surface area contributed by atoms with Crippen LogP contribution in [0.5, 0.6) is 5.88 Å². The molecular formula is C24H33ClN4O4S. The van der Waals surface area contributed by atoms with Crippen LogP contribution in [-0.2, 0) is 20.9 Å². The molecule has 8 nitrogen and oxygen atoms in total. The number of nitrogens with one attached hydrogen (secondary N) is 1. The number of carbonyl (C=O) groups excluding carboxylic acids is 1. The van der Waals surface area contributed by atoms with Gasteiger partial charge in [-0.25, -0.2) is 9.97 Å². The van der Waals surface area contributed by atoms with Crippen LogP contribution >= 0.6 is 11.6 Å². The maximum Gasteiger partial charge on any atom is 0.226 e. The average molecular weight is 509 g/mol. The molecule has 1 unspecified atom stereocenters. The number of ether oxygens (including phenoxy) is 2. The van der Waals surface area contributed by atoms with E-state index in [-0.39, 0.29) is 30.1 Å². The number of nitrogens with zero attached hydrogens (tertiary/aromatic N) is 3. The van der Waals surface area contributed by atoms with Crippen molar-refractivity contribution in [1.82, 2.24) is 19.6 Å². The van der Waals surface area contributed by atoms with Crippen molar-refractivity contribution in [2.45, 2.75) is 70.0 Å². The van der Waals surface area contributed by atoms with E-state index in [4.69, 9.17) is 21.1 Å². The molecule has 186 valence electrons. The monoisotopic (exact) mass is 508 g/mol. The van der Waals surface area contributed by atoms with E-state index in [1.165, 1.54) is 0 Å². The third-order valence-electron chi connectivity index (χ3n) is 6.54. The van der Waals surface area contributed by atoms with Gasteiger partial charge in [0.1, 0.15) is 16.0 Å². The Kier molecular flexibility index (Phi) is 7.59. The Hall–Kier alpha value is -1.65. The highest BCUT2D eigenvalue weighted by molar-refractivity contribution is 7.90. The molecule has 1 N–H and O–H groups in total. The zero-order chi connectivity index (χ0) is 24.6. The minimum absolute atomic E-state index is 0.0121. The zero-order valence-corrected chi connectivity index (χ0v) is 21.9. The first-order chi connectivity index (χ1) is 16.1. The summed E-state index contributed by atoms with van der Waals surface area (Å²) >= 11 is 5.00. The molecule has 4 rings (SSSR count). The van der Waals surface area contributed by atoms with Gasteiger partial charge in [-0.15, -0.1) is 4.72 Å². The molecule has 1 aliphatic carbocycles. The Labute approximate surface area is 209 Å². The predicted octanol–water partition coefficient (Wildman–Crippen LogP) is 3.80. The normalized spacial score (nSPS) is 22.7. The molecule has 2 atom stereocenters. The number of aromatic nitrogens is 2. The average Bonchev–Trinajstić information content (AvgIpc) is 2.72. The fourth-order valence-corrected chi connectivity index (χ4v) is 5.26. The topological polar surface area (TPSA) is 99.6 Å². The van der Waals surface area contributed by atoms with Gasteiger partial charge in [-0.3, -0.25) is 4.79 Å². The van der Waals surface area contributed by atoms with Gasteiger partial charge in [-0.2, -0.15) is 0 Å². The number of pyridine rings is 2. The molecular weight excluding hydrogens is 476 g/mol. The SMILES string of the molecule is CCC(N[S@@+]([O-])C(C)(C)C)c1cnc(O[C@H]2C[C@@H](C(=O)N3CC(OC)C3)C2)c2cnc(Cl)cc12. The molecule has 1 saturated heterocycles. The lowest BCUT2D eigenvalue weighted by molar-refractivity contribution is -0.153. The molecule has 2 fully saturated rings. The van der Waals surface area contributed by atoms with Gasteiger partial charge in [0.25, 0.3) is 0 Å². The summed E-state index contributed by atoms with van der Waals surface area (Å²) in [5, 5.41) is 1.99. The molecule has 2 aromatic heterocycles. The second-order valence-electron chi connectivity index (χ2n) is 10.0. The van der Waals surface area contributed by atoms with Crippen molar-refractivity contribution in [2.24, 2.45) is 5.92 Å². The lowest BCUT2D eigenvalue weighted by atomic mass is 9.80. The van der Waals surface area contributed by atoms with Crippen molar-refractivity contribution in [3.8, 4) is 5.88 Å². The quantitative estimate of drug-likeness (QED) is 0.427. The Balaban J connectivity index is 1.48. The van der Waals surface area contributed by atoms with Gasteiger partial charge < -0.3 is 18.9 Å². The number of methoxy groups -OCH3 is 1. The first-order valence-electron chi connectivity index (χ1n) is 11.7. The predicted molar refractivity (Wildman–Crippen MR) is 133 cm³/mol. The fraction of sp³-hybridized carbons (Fsp3) is 0.625. The van der Waals surface area contributed by atoms with E-state index < -0.39 is 16.1 Å². The first kappa shape index (κ1) is 25.4. The molecule has 10 heteroatoms. The number of amides is 1. The smallest absolute Gasteiger partial charge is 0.226 e. The lowest BCUT2D eigenvalue weighted by Gasteiger charge is -2.43. The molecule has 2 aromatic rings. The van der Waals surface area contributed by atoms with Gasteiger partial charge in [-0.05, 0) is 51.5 Å². The highest BCUT2D eigenvalue weighted by Gasteiger charge is 2.42. The summed E-state index contributed by atoms with van der Waals surface area (Å²) in [5.74, 6) is 0.648. The van der Waals surface area contributed by atoms with E-state index in [2.05, 4.69) is 14.7 Å². The van der Waals surface area contributed by atoms with Gasteiger partial charge in [0.15, 0.2) is 0 Å². The highest BCUT2D eigenvalue weighted by atomic mass is 35.5. The number of halogens is 1. The van der Waals surface area contributed by atoms with E-state index in [1.54, 1.807) is 25.6 Å². The zero-order valence-electron chi connectivity index (χ0n) is 20.3. The third-order valence-corrected chi connectivity index (χ3v) is 8.36. The van der Waals surface area contributed by atoms with Crippen LogP contribution in [0.4, 0.5) is 0 Å². The van der Waals surface area contributed by atoms with E-state index in [1.807, 2.05) is 32.6 Å². The number of rotatable bonds is 8. The van der Waals surface area contributed by atoms with Gasteiger partial charge in [-0.1, -0.05) is 18.5 Å². The molecule has 0 spiro atoms. The molecule has 0 radical (unpaired) electrons. The van der Waals surface area contributed by atoms with Crippen LogP contribution in [0.15, 0.2) is 18.5 Å². The largest absolute Gasteiger partial charge is 0.598 e. The summed E-state index contributed by atoms with van der Waals surface area (Å²) in [6, 6.07) is 1.63. The first-order valence-corrected chi connectivity index (χ1v) is 13.2. The van der Waals surface area contributed by atoms with E-state index in [0.29, 0.717) is 37.0 Å². The molecule has 0 aromatic carbocycles. The van der Waals surface area contributed by atoms with E-state index in [0.717, 1.165) is 22.8 Å². The summed E-state index contributed by atoms with van der Waals surface area (Å²) in [5.41, 5.74) is 0.902. The second-order valence-corrected chi connectivity index (χ2v) is 12.4. The van der Waals surface area contributed by atoms with Crippen molar-refractivity contribution in [3.63, 3.8) is 0 Å². The Morgan fingerprint density at radius 2 is 1.97 bits per heavy atom. The van der Waals surface area contributed by atoms with Gasteiger partial charge in [0.2, 0.25) is 11.8 Å². The fourth-order valence-electron chi connectivity index (χ4n) is 4.20. The number of hydrogen-bond acceptors (Lipinski definition) is 7. The summed E-state index contributed by atoms with van der Waals surface area (Å²) in [4.78, 5) is 23.3. The molecule has 1 saturated carbocycles. The van der Waals surface area contributed by atoms with Crippen molar-refractivity contribution in [1.29, 1.82) is 0 Å². The number of hydrogen-bond donors (Lipinski definition) is 1. The maximum absolute atomic E-state index is 12.7. The summed E-state index contributed by atoms with van der Waals surface area (Å²) in [6.07, 6.45) is 5.59. The summed E-state index contributed by atoms with van der Waals surface area (Å²) in [7, 11) is 1.67. The van der Waals surface area contributed by atoms with Gasteiger partial charge in [0, 0.05) is 55.4 Å². The van der Waals surface area contributed by atoms with E-state index >= 15 is 0 Å². The third kappa shape index (κ3) is 5.28. The standard InChI is InChI=1S/C24H33ClN4O4S/c1-6-20(28-34(31)24(2,3)4)18-10-27-22(19-11-26-21(25)9-17(18)19)33-15-7-14(8-15)23(30)29-12-16(13-29)32-5/h9-11,14-16,20,28H,6-8,12-13H2,1-5H3/t14-,15+,20?,34-/m0/s1. The molecule has 0 bridgehead atoms. The number of fused-ring (bicyclic) bond motifs is 1. The van der Waals surface area contributed by atoms with Gasteiger partial charge in [0.05, 0.1) is 17.5 Å². The van der Waals surface area contributed by atoms with Crippen molar-refractivity contribution >= 4 is 39.6 Å². The Bertz CT molecular complexity index is 1040. The molecule has 1 aliphatic heterocycles. The van der Waals surface area contributed by atoms with Crippen molar-refractivity contribution in [3.05, 3.63) is 29.2 Å². The number of carbonyl (C=O) groups is 1. The minimum atomic E-state index is -1.24. The van der Waals surface area contributed by atoms with Crippen LogP contribution in [0.1, 0.15) is 58.6 Å². The van der Waals surface area contributed by atoms with Crippen LogP contribution in [0.25, 0.3) is 10.8 Å². The Morgan fingerprint density at radius 1 is 1.26 bits per heavy atom. The minimum Gasteiger partial charge on any atom is -0.598 e. The Morgan fingerprint density at radius 3 is 2.59 bits per heavy atom. The van der Waals surface area contributed by atoms with Crippen LogP contribution in [0.2, 0.25) is 5.15 Å². The highest BCUT2D eigenvalue weighted by Crippen LogP contribution is 2.37. The molecule has 2 aliphatic rings. The van der Waals surface area contributed by atoms with Gasteiger partial charge >= 0.3 is 0 Å². The molecule has 34 heavy (non-hydrogen) atoms. The second kappa shape index (κ2) is 10.1. The summed E-state index contributed by atoms with van der Waals surface area (Å²) in [6.45, 7) is 9.19. The summed E-state index contributed by atoms with van der Waals surface area (Å²) < 4.78 is 27.0. The molecule has 3 heterocycles. The van der Waals surface area contributed by atoms with Crippen molar-refractivity contribution in [2.75, 3.05) is 20.2 Å². The van der Waals surface area contributed by atoms with Crippen molar-refractivity contribution < 1.29 is 18.8 Å². The van der Waals surface area contributed by atoms with Crippen LogP contribution in [-0.4, -0.2) is 62.5 Å². The van der Waals surface area contributed by atoms with Crippen LogP contribution in [0, 0.1) is 5.92 Å². The molecule has 1 amide bonds. The van der Waals surface area contributed by atoms with Crippen LogP contribution < -0.4 is 9.46 Å². The van der Waals surface area contributed by atoms with E-state index in [9.17, 15) is 9.35 Å².